The molecule has 4 aromatic rings. The van der Waals surface area contributed by atoms with Crippen molar-refractivity contribution in [2.24, 2.45) is 5.92 Å². The summed E-state index contributed by atoms with van der Waals surface area (Å²) in [6.45, 7) is 0.936. The van der Waals surface area contributed by atoms with E-state index in [1.165, 1.54) is 0 Å². The molecule has 4 nitrogen and oxygen atoms in total. The number of carbonyl (C=O) groups is 2. The van der Waals surface area contributed by atoms with Crippen LogP contribution in [0.25, 0.3) is 10.8 Å². The first kappa shape index (κ1) is 21.4. The minimum atomic E-state index is -0.411. The lowest BCUT2D eigenvalue weighted by atomic mass is 9.75. The molecule has 0 unspecified atom stereocenters. The van der Waals surface area contributed by atoms with E-state index >= 15 is 0 Å². The Labute approximate surface area is 204 Å². The molecule has 0 fully saturated rings. The molecule has 0 spiro atoms. The van der Waals surface area contributed by atoms with Crippen molar-refractivity contribution in [3.8, 4) is 0 Å². The van der Waals surface area contributed by atoms with Crippen molar-refractivity contribution in [1.82, 2.24) is 4.90 Å². The number of nitrogens with zero attached hydrogens (tertiary/aromatic N) is 1. The van der Waals surface area contributed by atoms with Crippen LogP contribution >= 0.6 is 0 Å². The molecule has 0 radical (unpaired) electrons. The average molecular weight is 460 g/mol. The van der Waals surface area contributed by atoms with E-state index in [9.17, 15) is 9.59 Å². The number of amides is 1. The van der Waals surface area contributed by atoms with Crippen LogP contribution in [0.3, 0.4) is 0 Å². The van der Waals surface area contributed by atoms with Crippen LogP contribution in [-0.2, 0) is 27.3 Å². The van der Waals surface area contributed by atoms with Gasteiger partial charge in [-0.3, -0.25) is 9.59 Å². The zero-order chi connectivity index (χ0) is 23.8. The molecular weight excluding hydrogens is 434 g/mol. The first-order valence-corrected chi connectivity index (χ1v) is 12.0. The molecule has 0 N–H and O–H groups in total. The van der Waals surface area contributed by atoms with Gasteiger partial charge in [0.2, 0.25) is 0 Å². The first-order valence-electron chi connectivity index (χ1n) is 12.0. The fourth-order valence-corrected chi connectivity index (χ4v) is 5.46. The summed E-state index contributed by atoms with van der Waals surface area (Å²) >= 11 is 0. The molecule has 4 heteroatoms. The highest BCUT2D eigenvalue weighted by Gasteiger charge is 2.47. The molecule has 172 valence electrons. The minimum Gasteiger partial charge on any atom is -0.420 e. The lowest BCUT2D eigenvalue weighted by molar-refractivity contribution is -0.150. The second-order valence-electron chi connectivity index (χ2n) is 9.26. The van der Waals surface area contributed by atoms with E-state index in [-0.39, 0.29) is 23.6 Å². The molecule has 2 heterocycles. The fourth-order valence-electron chi connectivity index (χ4n) is 5.46. The Hall–Kier alpha value is -4.18. The summed E-state index contributed by atoms with van der Waals surface area (Å²) in [7, 11) is 0. The van der Waals surface area contributed by atoms with Crippen LogP contribution in [0.2, 0.25) is 0 Å². The third kappa shape index (κ3) is 3.91. The molecule has 0 saturated heterocycles. The van der Waals surface area contributed by atoms with E-state index in [1.54, 1.807) is 4.90 Å². The monoisotopic (exact) mass is 459 g/mol. The molecule has 2 atom stereocenters. The highest BCUT2D eigenvalue weighted by atomic mass is 16.5. The summed E-state index contributed by atoms with van der Waals surface area (Å²) in [6, 6.07) is 34.4. The van der Waals surface area contributed by atoms with Crippen molar-refractivity contribution in [2.75, 3.05) is 6.54 Å². The zero-order valence-electron chi connectivity index (χ0n) is 19.3. The number of fused-ring (bicyclic) bond motifs is 1. The van der Waals surface area contributed by atoms with E-state index in [0.29, 0.717) is 19.5 Å². The SMILES string of the molecule is O=C1OC2=C(CN(Cc3ccccc3)C2=O)[C@@H](c2cccc3ccccc23)[C@H]1Cc1ccccc1. The van der Waals surface area contributed by atoms with Crippen LogP contribution in [0.1, 0.15) is 22.6 Å². The summed E-state index contributed by atoms with van der Waals surface area (Å²) in [5.41, 5.74) is 4.11. The molecule has 0 aliphatic carbocycles. The molecular formula is C31H25NO3. The van der Waals surface area contributed by atoms with Gasteiger partial charge in [0.25, 0.3) is 5.91 Å². The van der Waals surface area contributed by atoms with E-state index in [4.69, 9.17) is 4.74 Å². The fraction of sp³-hybridized carbons (Fsp3) is 0.161. The molecule has 0 aromatic heterocycles. The number of hydrogen-bond donors (Lipinski definition) is 0. The van der Waals surface area contributed by atoms with Crippen molar-refractivity contribution >= 4 is 22.6 Å². The van der Waals surface area contributed by atoms with Gasteiger partial charge in [-0.25, -0.2) is 0 Å². The van der Waals surface area contributed by atoms with E-state index in [2.05, 4.69) is 24.3 Å². The van der Waals surface area contributed by atoms with Crippen LogP contribution in [0.5, 0.6) is 0 Å². The first-order chi connectivity index (χ1) is 17.2. The molecule has 4 aromatic carbocycles. The molecule has 2 aliphatic heterocycles. The summed E-state index contributed by atoms with van der Waals surface area (Å²) in [4.78, 5) is 28.6. The highest BCUT2D eigenvalue weighted by Crippen LogP contribution is 2.46. The van der Waals surface area contributed by atoms with Gasteiger partial charge in [-0.15, -0.1) is 0 Å². The standard InChI is InChI=1S/C31H25NO3/c33-30-29-27(20-32(30)19-22-12-5-2-6-13-22)28(25-17-9-15-23-14-7-8-16-24(23)25)26(31(34)35-29)18-21-10-3-1-4-11-21/h1-17,26,28H,18-20H2/t26-,28+/m1/s1. The third-order valence-corrected chi connectivity index (χ3v) is 7.09. The summed E-state index contributed by atoms with van der Waals surface area (Å²) < 4.78 is 5.79. The van der Waals surface area contributed by atoms with Gasteiger partial charge in [0.05, 0.1) is 5.92 Å². The van der Waals surface area contributed by atoms with Gasteiger partial charge >= 0.3 is 5.97 Å². The number of benzene rings is 4. The van der Waals surface area contributed by atoms with Gasteiger partial charge in [-0.05, 0) is 33.9 Å². The third-order valence-electron chi connectivity index (χ3n) is 7.09. The van der Waals surface area contributed by atoms with Crippen LogP contribution < -0.4 is 0 Å². The van der Waals surface area contributed by atoms with Crippen molar-refractivity contribution in [3.63, 3.8) is 0 Å². The van der Waals surface area contributed by atoms with Crippen molar-refractivity contribution < 1.29 is 14.3 Å². The normalized spacial score (nSPS) is 19.7. The molecule has 0 bridgehead atoms. The number of carbonyl (C=O) groups excluding carboxylic acids is 2. The predicted octanol–water partition coefficient (Wildman–Crippen LogP) is 5.64. The second kappa shape index (κ2) is 8.88. The quantitative estimate of drug-likeness (QED) is 0.363. The van der Waals surface area contributed by atoms with Crippen molar-refractivity contribution in [3.05, 3.63) is 131 Å². The Morgan fingerprint density at radius 1 is 0.743 bits per heavy atom. The Morgan fingerprint density at radius 2 is 1.40 bits per heavy atom. The Morgan fingerprint density at radius 3 is 2.17 bits per heavy atom. The topological polar surface area (TPSA) is 46.6 Å². The smallest absolute Gasteiger partial charge is 0.315 e. The second-order valence-corrected chi connectivity index (χ2v) is 9.26. The maximum atomic E-state index is 13.4. The maximum absolute atomic E-state index is 13.4. The van der Waals surface area contributed by atoms with Crippen molar-refractivity contribution in [1.29, 1.82) is 0 Å². The maximum Gasteiger partial charge on any atom is 0.315 e. The van der Waals surface area contributed by atoms with Gasteiger partial charge in [-0.1, -0.05) is 103 Å². The van der Waals surface area contributed by atoms with Gasteiger partial charge < -0.3 is 9.64 Å². The number of ether oxygens (including phenoxy) is 1. The van der Waals surface area contributed by atoms with E-state index < -0.39 is 5.92 Å². The molecule has 1 amide bonds. The van der Waals surface area contributed by atoms with Crippen LogP contribution in [0.4, 0.5) is 0 Å². The van der Waals surface area contributed by atoms with Crippen LogP contribution in [0.15, 0.2) is 114 Å². The Kier molecular flexibility index (Phi) is 5.42. The van der Waals surface area contributed by atoms with Gasteiger partial charge in [0, 0.05) is 24.6 Å². The van der Waals surface area contributed by atoms with Gasteiger partial charge in [0.15, 0.2) is 5.76 Å². The summed E-state index contributed by atoms with van der Waals surface area (Å²) in [5.74, 6) is -0.970. The minimum absolute atomic E-state index is 0.208. The molecule has 2 aliphatic rings. The summed E-state index contributed by atoms with van der Waals surface area (Å²) in [6.07, 6.45) is 0.553. The molecule has 6 rings (SSSR count). The Balaban J connectivity index is 1.45. The predicted molar refractivity (Wildman–Crippen MR) is 135 cm³/mol. The van der Waals surface area contributed by atoms with Gasteiger partial charge in [0.1, 0.15) is 0 Å². The zero-order valence-corrected chi connectivity index (χ0v) is 19.3. The molecule has 35 heavy (non-hydrogen) atoms. The largest absolute Gasteiger partial charge is 0.420 e. The van der Waals surface area contributed by atoms with E-state index in [1.807, 2.05) is 78.9 Å². The average Bonchev–Trinajstić information content (AvgIpc) is 3.20. The number of rotatable bonds is 5. The van der Waals surface area contributed by atoms with Gasteiger partial charge in [-0.2, -0.15) is 0 Å². The Bertz CT molecular complexity index is 1440. The van der Waals surface area contributed by atoms with E-state index in [0.717, 1.165) is 33.0 Å². The van der Waals surface area contributed by atoms with Crippen molar-refractivity contribution in [2.45, 2.75) is 18.9 Å². The number of esters is 1. The lowest BCUT2D eigenvalue weighted by Gasteiger charge is -2.32. The van der Waals surface area contributed by atoms with Crippen LogP contribution in [-0.4, -0.2) is 23.3 Å². The lowest BCUT2D eigenvalue weighted by Crippen LogP contribution is -2.33. The highest BCUT2D eigenvalue weighted by molar-refractivity contribution is 6.00. The summed E-state index contributed by atoms with van der Waals surface area (Å²) in [5, 5.41) is 2.23. The van der Waals surface area contributed by atoms with Crippen LogP contribution in [0, 0.1) is 5.92 Å². The molecule has 0 saturated carbocycles. The number of hydrogen-bond acceptors (Lipinski definition) is 3.